The topological polar surface area (TPSA) is 96.9 Å². The van der Waals surface area contributed by atoms with Crippen LogP contribution in [0.5, 0.6) is 0 Å². The van der Waals surface area contributed by atoms with E-state index in [1.807, 2.05) is 92.7 Å². The van der Waals surface area contributed by atoms with Crippen LogP contribution in [0.2, 0.25) is 0 Å². The van der Waals surface area contributed by atoms with Crippen molar-refractivity contribution < 1.29 is 9.59 Å². The Morgan fingerprint density at radius 2 is 1.59 bits per heavy atom. The van der Waals surface area contributed by atoms with Gasteiger partial charge in [0.15, 0.2) is 8.68 Å². The van der Waals surface area contributed by atoms with E-state index in [2.05, 4.69) is 25.8 Å². The van der Waals surface area contributed by atoms with Gasteiger partial charge in [0.1, 0.15) is 5.01 Å². The van der Waals surface area contributed by atoms with Crippen molar-refractivity contribution in [2.45, 2.75) is 33.8 Å². The molecule has 198 valence electrons. The largest absolute Gasteiger partial charge is 0.344 e. The molecule has 39 heavy (non-hydrogen) atoms. The molecule has 0 aliphatic rings. The molecule has 0 radical (unpaired) electrons. The molecule has 1 atom stereocenters. The third-order valence-electron chi connectivity index (χ3n) is 5.69. The molecule has 0 aliphatic heterocycles. The van der Waals surface area contributed by atoms with Gasteiger partial charge < -0.3 is 10.6 Å². The van der Waals surface area contributed by atoms with Crippen molar-refractivity contribution in [3.63, 3.8) is 0 Å². The summed E-state index contributed by atoms with van der Waals surface area (Å²) in [6, 6.07) is 25.3. The normalized spacial score (nSPS) is 12.0. The molecule has 0 saturated carbocycles. The van der Waals surface area contributed by atoms with Gasteiger partial charge in [-0.2, -0.15) is 0 Å². The fourth-order valence-corrected chi connectivity index (χ4v) is 7.68. The first-order chi connectivity index (χ1) is 18.9. The van der Waals surface area contributed by atoms with E-state index in [0.29, 0.717) is 5.69 Å². The number of nitrogens with zero attached hydrogens (tertiary/aromatic N) is 3. The molecule has 11 heteroatoms. The van der Waals surface area contributed by atoms with Crippen LogP contribution in [-0.4, -0.2) is 38.0 Å². The summed E-state index contributed by atoms with van der Waals surface area (Å²) in [5, 5.41) is 14.8. The molecule has 0 fully saturated rings. The zero-order valence-electron chi connectivity index (χ0n) is 21.2. The van der Waals surface area contributed by atoms with Gasteiger partial charge in [0.25, 0.3) is 0 Å². The van der Waals surface area contributed by atoms with Crippen LogP contribution in [0.4, 0.5) is 5.69 Å². The number of thioether (sulfide) groups is 2. The second kappa shape index (κ2) is 12.7. The van der Waals surface area contributed by atoms with Gasteiger partial charge >= 0.3 is 0 Å². The van der Waals surface area contributed by atoms with E-state index in [1.54, 1.807) is 0 Å². The van der Waals surface area contributed by atoms with Gasteiger partial charge in [-0.1, -0.05) is 95.5 Å². The molecule has 2 amide bonds. The Kier molecular flexibility index (Phi) is 8.92. The highest BCUT2D eigenvalue weighted by Gasteiger charge is 2.19. The number of fused-ring (bicyclic) bond motifs is 1. The Morgan fingerprint density at radius 1 is 0.897 bits per heavy atom. The third kappa shape index (κ3) is 7.24. The Morgan fingerprint density at radius 3 is 2.23 bits per heavy atom. The minimum atomic E-state index is -0.310. The number of hydrogen-bond acceptors (Lipinski definition) is 9. The Balaban J connectivity index is 1.20. The smallest absolute Gasteiger partial charge is 0.237 e. The van der Waals surface area contributed by atoms with Crippen molar-refractivity contribution in [2.75, 3.05) is 11.1 Å². The Labute approximate surface area is 242 Å². The summed E-state index contributed by atoms with van der Waals surface area (Å²) >= 11 is 5.78. The molecule has 2 aromatic heterocycles. The summed E-state index contributed by atoms with van der Waals surface area (Å²) in [5.74, 6) is 0.0794. The van der Waals surface area contributed by atoms with Crippen LogP contribution in [0, 0.1) is 6.92 Å². The van der Waals surface area contributed by atoms with Crippen molar-refractivity contribution >= 4 is 73.9 Å². The van der Waals surface area contributed by atoms with Crippen molar-refractivity contribution in [3.8, 4) is 0 Å². The maximum atomic E-state index is 12.9. The van der Waals surface area contributed by atoms with Gasteiger partial charge in [0.2, 0.25) is 11.8 Å². The van der Waals surface area contributed by atoms with Gasteiger partial charge in [-0.3, -0.25) is 9.59 Å². The molecule has 2 N–H and O–H groups in total. The molecule has 7 nitrogen and oxygen atoms in total. The predicted octanol–water partition coefficient (Wildman–Crippen LogP) is 6.57. The first kappa shape index (κ1) is 27.3. The molecular formula is C28H25N5O2S4. The highest BCUT2D eigenvalue weighted by Crippen LogP contribution is 2.32. The second-order valence-corrected chi connectivity index (χ2v) is 13.6. The molecule has 0 unspecified atom stereocenters. The number of amides is 2. The minimum absolute atomic E-state index is 0.0676. The van der Waals surface area contributed by atoms with Crippen molar-refractivity contribution in [2.24, 2.45) is 0 Å². The maximum absolute atomic E-state index is 12.9. The lowest BCUT2D eigenvalue weighted by Crippen LogP contribution is -2.30. The monoisotopic (exact) mass is 591 g/mol. The van der Waals surface area contributed by atoms with Crippen molar-refractivity contribution in [3.05, 3.63) is 95.0 Å². The number of anilines is 1. The Hall–Kier alpha value is -3.25. The van der Waals surface area contributed by atoms with Crippen LogP contribution in [-0.2, 0) is 9.59 Å². The zero-order valence-corrected chi connectivity index (χ0v) is 24.4. The van der Waals surface area contributed by atoms with Crippen molar-refractivity contribution in [1.82, 2.24) is 20.5 Å². The fourth-order valence-electron chi connectivity index (χ4n) is 3.80. The average Bonchev–Trinajstić information content (AvgIpc) is 3.56. The molecular weight excluding hydrogens is 567 g/mol. The number of benzene rings is 3. The van der Waals surface area contributed by atoms with E-state index in [-0.39, 0.29) is 28.9 Å². The van der Waals surface area contributed by atoms with Gasteiger partial charge in [0.05, 0.1) is 27.3 Å². The molecule has 5 aromatic rings. The van der Waals surface area contributed by atoms with E-state index >= 15 is 0 Å². The summed E-state index contributed by atoms with van der Waals surface area (Å²) in [7, 11) is 0. The number of rotatable bonds is 10. The van der Waals surface area contributed by atoms with Crippen LogP contribution >= 0.6 is 46.2 Å². The van der Waals surface area contributed by atoms with Crippen LogP contribution in [0.25, 0.3) is 10.2 Å². The van der Waals surface area contributed by atoms with Gasteiger partial charge in [-0.05, 0) is 43.2 Å². The average molecular weight is 592 g/mol. The molecule has 0 aliphatic carbocycles. The fraction of sp³-hybridized carbons (Fsp3) is 0.179. The summed E-state index contributed by atoms with van der Waals surface area (Å²) in [4.78, 5) is 30.3. The number of hydrogen-bond donors (Lipinski definition) is 2. The molecule has 2 heterocycles. The lowest BCUT2D eigenvalue weighted by Gasteiger charge is -2.19. The predicted molar refractivity (Wildman–Crippen MR) is 162 cm³/mol. The van der Waals surface area contributed by atoms with E-state index in [0.717, 1.165) is 35.0 Å². The number of aromatic nitrogens is 3. The van der Waals surface area contributed by atoms with Crippen LogP contribution < -0.4 is 10.6 Å². The summed E-state index contributed by atoms with van der Waals surface area (Å²) in [6.45, 7) is 3.74. The number of carbonyl (C=O) groups excluding carboxylic acids is 2. The van der Waals surface area contributed by atoms with Crippen molar-refractivity contribution in [1.29, 1.82) is 0 Å². The second-order valence-electron chi connectivity index (χ2n) is 8.61. The summed E-state index contributed by atoms with van der Waals surface area (Å²) in [5.41, 5.74) is 3.60. The molecule has 0 saturated heterocycles. The minimum Gasteiger partial charge on any atom is -0.344 e. The molecule has 3 aromatic carbocycles. The Bertz CT molecular complexity index is 1530. The molecule has 0 spiro atoms. The van der Waals surface area contributed by atoms with Crippen LogP contribution in [0.15, 0.2) is 87.5 Å². The first-order valence-corrected chi connectivity index (χ1v) is 15.6. The lowest BCUT2D eigenvalue weighted by molar-refractivity contribution is -0.119. The van der Waals surface area contributed by atoms with E-state index in [9.17, 15) is 9.59 Å². The number of carbonyl (C=O) groups is 2. The summed E-state index contributed by atoms with van der Waals surface area (Å²) < 4.78 is 2.52. The SMILES string of the molecule is Cc1nnc(S[C@H](C)C(=O)Nc2ccc3nc(SCC(=O)NC(c4ccccc4)c4ccccc4)sc3c2)s1. The summed E-state index contributed by atoms with van der Waals surface area (Å²) in [6.07, 6.45) is 0. The van der Waals surface area contributed by atoms with Crippen LogP contribution in [0.1, 0.15) is 29.1 Å². The maximum Gasteiger partial charge on any atom is 0.237 e. The van der Waals surface area contributed by atoms with Gasteiger partial charge in [-0.25, -0.2) is 4.98 Å². The van der Waals surface area contributed by atoms with E-state index < -0.39 is 0 Å². The number of thiazole rings is 1. The number of aryl methyl sites for hydroxylation is 1. The van der Waals surface area contributed by atoms with E-state index in [1.165, 1.54) is 46.2 Å². The number of nitrogens with one attached hydrogen (secondary N) is 2. The van der Waals surface area contributed by atoms with E-state index in [4.69, 9.17) is 0 Å². The quantitative estimate of drug-likeness (QED) is 0.177. The molecule has 0 bridgehead atoms. The third-order valence-corrected chi connectivity index (χ3v) is 9.87. The first-order valence-electron chi connectivity index (χ1n) is 12.1. The highest BCUT2D eigenvalue weighted by molar-refractivity contribution is 8.02. The van der Waals surface area contributed by atoms with Gasteiger partial charge in [-0.15, -0.1) is 21.5 Å². The zero-order chi connectivity index (χ0) is 27.2. The highest BCUT2D eigenvalue weighted by atomic mass is 32.2. The molecule has 5 rings (SSSR count). The standard InChI is InChI=1S/C28H25N5O2S4/c1-17(37-28-33-32-18(2)38-28)26(35)29-21-13-14-22-23(15-21)39-27(30-22)36-16-24(34)31-25(19-9-5-3-6-10-19)20-11-7-4-8-12-20/h3-15,17,25H,16H2,1-2H3,(H,29,35)(H,31,34)/t17-/m1/s1. The van der Waals surface area contributed by atoms with Gasteiger partial charge in [0, 0.05) is 5.69 Å². The lowest BCUT2D eigenvalue weighted by atomic mass is 9.99. The van der Waals surface area contributed by atoms with Crippen LogP contribution in [0.3, 0.4) is 0 Å².